The molecule has 5 aromatic rings. The standard InChI is InChI=1S/C23H15ClFN5O3/c24-13-3-4-14-16(10-13)19(29-30-21(14)31)8-11-1-5-17(25)15(7-11)12-2-6-18-20(9-12)27-22(26-18)28-23(32)33/h1-7,9-10H,8H2,(H,30,31)(H,32,33)(H2,26,27,28). The lowest BCUT2D eigenvalue weighted by atomic mass is 9.98. The minimum absolute atomic E-state index is 0.0820. The van der Waals surface area contributed by atoms with Gasteiger partial charge in [0, 0.05) is 22.4 Å². The van der Waals surface area contributed by atoms with E-state index in [4.69, 9.17) is 16.7 Å². The number of hydrogen-bond acceptors (Lipinski definition) is 4. The van der Waals surface area contributed by atoms with Crippen molar-refractivity contribution in [2.45, 2.75) is 6.42 Å². The summed E-state index contributed by atoms with van der Waals surface area (Å²) in [6.45, 7) is 0. The summed E-state index contributed by atoms with van der Waals surface area (Å²) in [4.78, 5) is 30.0. The average molecular weight is 464 g/mol. The Morgan fingerprint density at radius 1 is 1.09 bits per heavy atom. The van der Waals surface area contributed by atoms with E-state index in [9.17, 15) is 14.0 Å². The molecule has 0 spiro atoms. The van der Waals surface area contributed by atoms with Crippen LogP contribution in [0.4, 0.5) is 15.1 Å². The first-order chi connectivity index (χ1) is 15.9. The van der Waals surface area contributed by atoms with Crippen LogP contribution < -0.4 is 10.9 Å². The third-order valence-corrected chi connectivity index (χ3v) is 5.49. The van der Waals surface area contributed by atoms with Gasteiger partial charge < -0.3 is 10.1 Å². The van der Waals surface area contributed by atoms with Gasteiger partial charge in [-0.2, -0.15) is 5.10 Å². The first-order valence-electron chi connectivity index (χ1n) is 9.83. The molecule has 0 bridgehead atoms. The van der Waals surface area contributed by atoms with E-state index >= 15 is 0 Å². The Balaban J connectivity index is 1.53. The summed E-state index contributed by atoms with van der Waals surface area (Å²) in [7, 11) is 0. The zero-order chi connectivity index (χ0) is 23.1. The Morgan fingerprint density at radius 3 is 2.76 bits per heavy atom. The van der Waals surface area contributed by atoms with Crippen LogP contribution in [-0.4, -0.2) is 31.4 Å². The van der Waals surface area contributed by atoms with Crippen molar-refractivity contribution in [2.75, 3.05) is 5.32 Å². The second-order valence-corrected chi connectivity index (χ2v) is 7.86. The Hall–Kier alpha value is -4.24. The van der Waals surface area contributed by atoms with Crippen molar-refractivity contribution in [1.29, 1.82) is 0 Å². The molecule has 0 unspecified atom stereocenters. The molecular formula is C23H15ClFN5O3. The van der Waals surface area contributed by atoms with E-state index in [0.717, 1.165) is 5.56 Å². The molecule has 0 fully saturated rings. The minimum atomic E-state index is -1.24. The molecule has 1 amide bonds. The predicted octanol–water partition coefficient (Wildman–Crippen LogP) is 4.94. The summed E-state index contributed by atoms with van der Waals surface area (Å²) in [5.41, 5.74) is 3.12. The molecule has 0 saturated carbocycles. The maximum atomic E-state index is 14.7. The molecule has 2 aromatic heterocycles. The van der Waals surface area contributed by atoms with Crippen LogP contribution in [0, 0.1) is 5.82 Å². The van der Waals surface area contributed by atoms with E-state index in [1.807, 2.05) is 0 Å². The number of imidazole rings is 1. The van der Waals surface area contributed by atoms with Gasteiger partial charge in [-0.15, -0.1) is 0 Å². The molecule has 2 heterocycles. The highest BCUT2D eigenvalue weighted by atomic mass is 35.5. The topological polar surface area (TPSA) is 124 Å². The van der Waals surface area contributed by atoms with Crippen molar-refractivity contribution in [2.24, 2.45) is 0 Å². The van der Waals surface area contributed by atoms with Crippen LogP contribution >= 0.6 is 11.6 Å². The lowest BCUT2D eigenvalue weighted by Gasteiger charge is -2.09. The number of benzene rings is 3. The largest absolute Gasteiger partial charge is 0.465 e. The number of aromatic amines is 2. The normalized spacial score (nSPS) is 11.2. The smallest absolute Gasteiger partial charge is 0.411 e. The molecule has 0 aliphatic carbocycles. The molecule has 4 N–H and O–H groups in total. The van der Waals surface area contributed by atoms with Gasteiger partial charge in [0.2, 0.25) is 5.95 Å². The van der Waals surface area contributed by atoms with Crippen LogP contribution in [0.25, 0.3) is 32.9 Å². The van der Waals surface area contributed by atoms with Crippen molar-refractivity contribution in [3.63, 3.8) is 0 Å². The average Bonchev–Trinajstić information content (AvgIpc) is 3.17. The van der Waals surface area contributed by atoms with Crippen LogP contribution in [-0.2, 0) is 6.42 Å². The number of anilines is 1. The third kappa shape index (κ3) is 4.01. The second kappa shape index (κ2) is 8.03. The number of H-pyrrole nitrogens is 2. The molecule has 3 aromatic carbocycles. The fourth-order valence-electron chi connectivity index (χ4n) is 3.76. The Kier molecular flexibility index (Phi) is 5.02. The lowest BCUT2D eigenvalue weighted by molar-refractivity contribution is 0.209. The molecule has 0 aliphatic heterocycles. The molecule has 164 valence electrons. The number of carbonyl (C=O) groups is 1. The SMILES string of the molecule is O=C(O)Nc1nc2cc(-c3cc(Cc4n[nH]c(=O)c5ccc(Cl)cc45)ccc3F)ccc2[nH]1. The first-order valence-corrected chi connectivity index (χ1v) is 10.2. The van der Waals surface area contributed by atoms with Crippen LogP contribution in [0.5, 0.6) is 0 Å². The van der Waals surface area contributed by atoms with Gasteiger partial charge in [0.05, 0.1) is 22.1 Å². The quantitative estimate of drug-likeness (QED) is 0.300. The lowest BCUT2D eigenvalue weighted by Crippen LogP contribution is -2.11. The number of rotatable bonds is 4. The number of fused-ring (bicyclic) bond motifs is 2. The van der Waals surface area contributed by atoms with E-state index < -0.39 is 11.9 Å². The second-order valence-electron chi connectivity index (χ2n) is 7.43. The van der Waals surface area contributed by atoms with Gasteiger partial charge in [-0.05, 0) is 53.6 Å². The highest BCUT2D eigenvalue weighted by molar-refractivity contribution is 6.31. The number of aromatic nitrogens is 4. The number of nitrogens with one attached hydrogen (secondary N) is 3. The summed E-state index contributed by atoms with van der Waals surface area (Å²) in [6, 6.07) is 14.8. The van der Waals surface area contributed by atoms with Gasteiger partial charge in [-0.3, -0.25) is 10.1 Å². The van der Waals surface area contributed by atoms with E-state index in [-0.39, 0.29) is 11.5 Å². The monoisotopic (exact) mass is 463 g/mol. The Bertz CT molecular complexity index is 1610. The summed E-state index contributed by atoms with van der Waals surface area (Å²) in [6.07, 6.45) is -0.893. The van der Waals surface area contributed by atoms with E-state index in [0.29, 0.717) is 50.1 Å². The number of carboxylic acid groups (broad SMARTS) is 1. The fraction of sp³-hybridized carbons (Fsp3) is 0.0435. The highest BCUT2D eigenvalue weighted by Crippen LogP contribution is 2.29. The van der Waals surface area contributed by atoms with Gasteiger partial charge in [0.25, 0.3) is 5.56 Å². The van der Waals surface area contributed by atoms with Crippen molar-refractivity contribution in [1.82, 2.24) is 20.2 Å². The summed E-state index contributed by atoms with van der Waals surface area (Å²) >= 11 is 6.11. The summed E-state index contributed by atoms with van der Waals surface area (Å²) < 4.78 is 14.7. The van der Waals surface area contributed by atoms with Crippen LogP contribution in [0.1, 0.15) is 11.3 Å². The van der Waals surface area contributed by atoms with Crippen LogP contribution in [0.2, 0.25) is 5.02 Å². The molecule has 10 heteroatoms. The molecule has 5 rings (SSSR count). The Labute approximate surface area is 190 Å². The summed E-state index contributed by atoms with van der Waals surface area (Å²) in [5, 5.41) is 19.3. The number of nitrogens with zero attached hydrogens (tertiary/aromatic N) is 2. The van der Waals surface area contributed by atoms with Gasteiger partial charge in [-0.25, -0.2) is 19.3 Å². The van der Waals surface area contributed by atoms with E-state index in [2.05, 4.69) is 25.5 Å². The molecule has 0 saturated heterocycles. The van der Waals surface area contributed by atoms with Crippen molar-refractivity contribution < 1.29 is 14.3 Å². The maximum absolute atomic E-state index is 14.7. The fourth-order valence-corrected chi connectivity index (χ4v) is 3.93. The van der Waals surface area contributed by atoms with Crippen molar-refractivity contribution in [3.05, 3.63) is 87.0 Å². The van der Waals surface area contributed by atoms with Crippen molar-refractivity contribution >= 4 is 45.4 Å². The first kappa shape index (κ1) is 20.7. The maximum Gasteiger partial charge on any atom is 0.411 e. The zero-order valence-electron chi connectivity index (χ0n) is 16.8. The van der Waals surface area contributed by atoms with Crippen LogP contribution in [0.3, 0.4) is 0 Å². The Morgan fingerprint density at radius 2 is 1.94 bits per heavy atom. The van der Waals surface area contributed by atoms with Gasteiger partial charge >= 0.3 is 6.09 Å². The zero-order valence-corrected chi connectivity index (χ0v) is 17.6. The van der Waals surface area contributed by atoms with E-state index in [1.165, 1.54) is 6.07 Å². The minimum Gasteiger partial charge on any atom is -0.465 e. The van der Waals surface area contributed by atoms with Crippen LogP contribution in [0.15, 0.2) is 59.4 Å². The van der Waals surface area contributed by atoms with Gasteiger partial charge in [0.15, 0.2) is 0 Å². The van der Waals surface area contributed by atoms with Crippen molar-refractivity contribution in [3.8, 4) is 11.1 Å². The molecule has 33 heavy (non-hydrogen) atoms. The molecule has 0 radical (unpaired) electrons. The summed E-state index contributed by atoms with van der Waals surface area (Å²) in [5.74, 6) is -0.335. The number of amides is 1. The third-order valence-electron chi connectivity index (χ3n) is 5.25. The molecule has 0 aliphatic rings. The highest BCUT2D eigenvalue weighted by Gasteiger charge is 2.13. The predicted molar refractivity (Wildman–Crippen MR) is 123 cm³/mol. The van der Waals surface area contributed by atoms with Gasteiger partial charge in [-0.1, -0.05) is 23.7 Å². The van der Waals surface area contributed by atoms with Gasteiger partial charge in [0.1, 0.15) is 5.82 Å². The number of hydrogen-bond donors (Lipinski definition) is 4. The molecule has 0 atom stereocenters. The van der Waals surface area contributed by atoms with E-state index in [1.54, 1.807) is 48.5 Å². The molecular weight excluding hydrogens is 449 g/mol. The number of halogens is 2. The molecule has 8 nitrogen and oxygen atoms in total.